The molecular formula is C20H34N2O3. The maximum absolute atomic E-state index is 13.2. The molecule has 0 aromatic carbocycles. The molecule has 0 spiro atoms. The van der Waals surface area contributed by atoms with Gasteiger partial charge in [0.2, 0.25) is 11.8 Å². The third-order valence-corrected chi connectivity index (χ3v) is 6.65. The van der Waals surface area contributed by atoms with Gasteiger partial charge in [0, 0.05) is 33.0 Å². The predicted molar refractivity (Wildman–Crippen MR) is 97.1 cm³/mol. The summed E-state index contributed by atoms with van der Waals surface area (Å²) in [7, 11) is 1.78. The molecule has 5 heteroatoms. The Kier molecular flexibility index (Phi) is 6.03. The summed E-state index contributed by atoms with van der Waals surface area (Å²) in [6.07, 6.45) is 9.82. The number of carbonyl (C=O) groups is 2. The molecule has 0 N–H and O–H groups in total. The maximum atomic E-state index is 13.2. The van der Waals surface area contributed by atoms with Crippen LogP contribution in [0.1, 0.15) is 71.6 Å². The van der Waals surface area contributed by atoms with E-state index in [9.17, 15) is 9.59 Å². The lowest BCUT2D eigenvalue weighted by atomic mass is 9.82. The lowest BCUT2D eigenvalue weighted by Crippen LogP contribution is -2.66. The summed E-state index contributed by atoms with van der Waals surface area (Å²) >= 11 is 0. The van der Waals surface area contributed by atoms with E-state index in [1.54, 1.807) is 14.0 Å². The van der Waals surface area contributed by atoms with Crippen LogP contribution >= 0.6 is 0 Å². The second-order valence-corrected chi connectivity index (χ2v) is 8.26. The van der Waals surface area contributed by atoms with Crippen LogP contribution in [0.4, 0.5) is 0 Å². The third kappa shape index (κ3) is 3.86. The van der Waals surface area contributed by atoms with Gasteiger partial charge in [0.1, 0.15) is 0 Å². The molecule has 2 saturated carbocycles. The molecule has 142 valence electrons. The van der Waals surface area contributed by atoms with E-state index >= 15 is 0 Å². The van der Waals surface area contributed by atoms with Gasteiger partial charge in [0.15, 0.2) is 0 Å². The molecule has 0 radical (unpaired) electrons. The monoisotopic (exact) mass is 350 g/mol. The SMILES string of the molecule is COC1CCCCC1CC(=O)N1C[C@H](C)N(C(C)=O)C2CCCCC21. The zero-order chi connectivity index (χ0) is 18.0. The first-order chi connectivity index (χ1) is 12.0. The summed E-state index contributed by atoms with van der Waals surface area (Å²) in [5.41, 5.74) is 0. The number of hydrogen-bond acceptors (Lipinski definition) is 3. The maximum Gasteiger partial charge on any atom is 0.223 e. The first-order valence-corrected chi connectivity index (χ1v) is 10.1. The van der Waals surface area contributed by atoms with Gasteiger partial charge in [0.05, 0.1) is 18.2 Å². The molecule has 5 atom stereocenters. The number of rotatable bonds is 3. The van der Waals surface area contributed by atoms with E-state index in [1.807, 2.05) is 4.90 Å². The Balaban J connectivity index is 1.72. The number of nitrogens with zero attached hydrogens (tertiary/aromatic N) is 2. The van der Waals surface area contributed by atoms with Crippen molar-refractivity contribution in [2.75, 3.05) is 13.7 Å². The fourth-order valence-electron chi connectivity index (χ4n) is 5.50. The highest BCUT2D eigenvalue weighted by Gasteiger charge is 2.44. The van der Waals surface area contributed by atoms with E-state index in [4.69, 9.17) is 4.74 Å². The molecule has 0 bridgehead atoms. The van der Waals surface area contributed by atoms with Crippen molar-refractivity contribution in [3.8, 4) is 0 Å². The average Bonchev–Trinajstić information content (AvgIpc) is 2.61. The van der Waals surface area contributed by atoms with E-state index in [0.717, 1.165) is 38.5 Å². The molecule has 5 nitrogen and oxygen atoms in total. The Labute approximate surface area is 152 Å². The average molecular weight is 351 g/mol. The van der Waals surface area contributed by atoms with E-state index in [0.29, 0.717) is 18.9 Å². The summed E-state index contributed by atoms with van der Waals surface area (Å²) < 4.78 is 5.64. The van der Waals surface area contributed by atoms with Crippen LogP contribution in [0.2, 0.25) is 0 Å². The minimum absolute atomic E-state index is 0.116. The molecule has 3 rings (SSSR count). The number of piperazine rings is 1. The van der Waals surface area contributed by atoms with Gasteiger partial charge in [-0.05, 0) is 38.5 Å². The highest BCUT2D eigenvalue weighted by molar-refractivity contribution is 5.79. The van der Waals surface area contributed by atoms with Crippen molar-refractivity contribution < 1.29 is 14.3 Å². The summed E-state index contributed by atoms with van der Waals surface area (Å²) in [6.45, 7) is 4.44. The normalized spacial score (nSPS) is 36.0. The highest BCUT2D eigenvalue weighted by atomic mass is 16.5. The van der Waals surface area contributed by atoms with E-state index in [2.05, 4.69) is 11.8 Å². The first-order valence-electron chi connectivity index (χ1n) is 10.1. The molecule has 0 aromatic heterocycles. The van der Waals surface area contributed by atoms with Crippen LogP contribution in [0.15, 0.2) is 0 Å². The number of carbonyl (C=O) groups excluding carboxylic acids is 2. The molecule has 0 aromatic rings. The van der Waals surface area contributed by atoms with Crippen LogP contribution in [0.5, 0.6) is 0 Å². The smallest absolute Gasteiger partial charge is 0.223 e. The molecule has 1 saturated heterocycles. The first kappa shape index (κ1) is 18.7. The second kappa shape index (κ2) is 8.07. The molecule has 3 aliphatic rings. The summed E-state index contributed by atoms with van der Waals surface area (Å²) in [6, 6.07) is 0.542. The second-order valence-electron chi connectivity index (χ2n) is 8.26. The standard InChI is InChI=1S/C20H34N2O3/c1-14-13-21(17-9-5-6-10-18(17)22(14)15(2)23)20(24)12-16-8-4-7-11-19(16)25-3/h14,16-19H,4-13H2,1-3H3/t14-,16?,17?,18?,19?/m0/s1. The Morgan fingerprint density at radius 2 is 1.64 bits per heavy atom. The van der Waals surface area contributed by atoms with Crippen molar-refractivity contribution in [3.05, 3.63) is 0 Å². The van der Waals surface area contributed by atoms with Gasteiger partial charge < -0.3 is 14.5 Å². The minimum Gasteiger partial charge on any atom is -0.381 e. The molecule has 25 heavy (non-hydrogen) atoms. The number of methoxy groups -OCH3 is 1. The molecule has 2 aliphatic carbocycles. The zero-order valence-corrected chi connectivity index (χ0v) is 16.1. The van der Waals surface area contributed by atoms with Crippen LogP contribution < -0.4 is 0 Å². The fraction of sp³-hybridized carbons (Fsp3) is 0.900. The molecule has 3 fully saturated rings. The Bertz CT molecular complexity index is 495. The molecule has 1 aliphatic heterocycles. The van der Waals surface area contributed by atoms with Crippen LogP contribution in [0.25, 0.3) is 0 Å². The molecule has 2 amide bonds. The topological polar surface area (TPSA) is 49.9 Å². The van der Waals surface area contributed by atoms with Crippen LogP contribution in [0, 0.1) is 5.92 Å². The highest BCUT2D eigenvalue weighted by Crippen LogP contribution is 2.35. The van der Waals surface area contributed by atoms with Crippen molar-refractivity contribution in [1.82, 2.24) is 9.80 Å². The Morgan fingerprint density at radius 3 is 2.32 bits per heavy atom. The van der Waals surface area contributed by atoms with Crippen molar-refractivity contribution in [1.29, 1.82) is 0 Å². The van der Waals surface area contributed by atoms with E-state index < -0.39 is 0 Å². The van der Waals surface area contributed by atoms with Gasteiger partial charge >= 0.3 is 0 Å². The van der Waals surface area contributed by atoms with Gasteiger partial charge in [-0.15, -0.1) is 0 Å². The van der Waals surface area contributed by atoms with Crippen LogP contribution in [-0.2, 0) is 14.3 Å². The number of ether oxygens (including phenoxy) is 1. The van der Waals surface area contributed by atoms with E-state index in [-0.39, 0.29) is 36.0 Å². The van der Waals surface area contributed by atoms with Crippen molar-refractivity contribution >= 4 is 11.8 Å². The van der Waals surface area contributed by atoms with Crippen LogP contribution in [0.3, 0.4) is 0 Å². The summed E-state index contributed by atoms with van der Waals surface area (Å²) in [5.74, 6) is 0.790. The van der Waals surface area contributed by atoms with Gasteiger partial charge in [-0.2, -0.15) is 0 Å². The predicted octanol–water partition coefficient (Wildman–Crippen LogP) is 2.97. The number of hydrogen-bond donors (Lipinski definition) is 0. The quantitative estimate of drug-likeness (QED) is 0.786. The lowest BCUT2D eigenvalue weighted by Gasteiger charge is -2.53. The Hall–Kier alpha value is -1.10. The fourth-order valence-corrected chi connectivity index (χ4v) is 5.50. The molecular weight excluding hydrogens is 316 g/mol. The Morgan fingerprint density at radius 1 is 1.00 bits per heavy atom. The molecule has 4 unspecified atom stereocenters. The van der Waals surface area contributed by atoms with Crippen LogP contribution in [-0.4, -0.2) is 59.5 Å². The lowest BCUT2D eigenvalue weighted by molar-refractivity contribution is -0.154. The van der Waals surface area contributed by atoms with Gasteiger partial charge in [0.25, 0.3) is 0 Å². The largest absolute Gasteiger partial charge is 0.381 e. The zero-order valence-electron chi connectivity index (χ0n) is 16.1. The van der Waals surface area contributed by atoms with Crippen molar-refractivity contribution in [3.63, 3.8) is 0 Å². The summed E-state index contributed by atoms with van der Waals surface area (Å²) in [5, 5.41) is 0. The van der Waals surface area contributed by atoms with Crippen molar-refractivity contribution in [2.24, 2.45) is 5.92 Å². The summed E-state index contributed by atoms with van der Waals surface area (Å²) in [4.78, 5) is 29.5. The van der Waals surface area contributed by atoms with Crippen molar-refractivity contribution in [2.45, 2.75) is 95.9 Å². The minimum atomic E-state index is 0.116. The van der Waals surface area contributed by atoms with Gasteiger partial charge in [-0.25, -0.2) is 0 Å². The third-order valence-electron chi connectivity index (χ3n) is 6.65. The van der Waals surface area contributed by atoms with E-state index in [1.165, 1.54) is 12.8 Å². The van der Waals surface area contributed by atoms with Gasteiger partial charge in [-0.1, -0.05) is 25.7 Å². The number of amides is 2. The number of fused-ring (bicyclic) bond motifs is 1. The van der Waals surface area contributed by atoms with Gasteiger partial charge in [-0.3, -0.25) is 9.59 Å². The molecule has 1 heterocycles.